The van der Waals surface area contributed by atoms with Crippen LogP contribution in [0.5, 0.6) is 0 Å². The highest BCUT2D eigenvalue weighted by atomic mass is 32.3. The Labute approximate surface area is 89.1 Å². The molecule has 5 nitrogen and oxygen atoms in total. The van der Waals surface area contributed by atoms with E-state index >= 15 is 0 Å². The van der Waals surface area contributed by atoms with Gasteiger partial charge in [0.05, 0.1) is 6.61 Å². The van der Waals surface area contributed by atoms with Crippen LogP contribution in [0.2, 0.25) is 0 Å². The summed E-state index contributed by atoms with van der Waals surface area (Å²) in [5.74, 6) is 0. The van der Waals surface area contributed by atoms with Crippen molar-refractivity contribution in [2.24, 2.45) is 0 Å². The summed E-state index contributed by atoms with van der Waals surface area (Å²) in [5, 5.41) is 0. The van der Waals surface area contributed by atoms with Crippen molar-refractivity contribution in [3.8, 4) is 0 Å². The maximum atomic E-state index is 10.2. The summed E-state index contributed by atoms with van der Waals surface area (Å²) in [6.45, 7) is 0.00562. The molecule has 0 aliphatic carbocycles. The zero-order chi connectivity index (χ0) is 11.1. The molecule has 0 saturated carbocycles. The monoisotopic (exact) mass is 231 g/mol. The minimum Gasteiger partial charge on any atom is -0.264 e. The van der Waals surface area contributed by atoms with Gasteiger partial charge in [-0.3, -0.25) is 9.54 Å². The Bertz CT molecular complexity index is 376. The Hall–Kier alpha value is -0.980. The molecule has 84 valence electrons. The molecule has 0 bridgehead atoms. The number of hydrogen-bond donors (Lipinski definition) is 1. The molecule has 0 radical (unpaired) electrons. The highest BCUT2D eigenvalue weighted by Crippen LogP contribution is 2.02. The normalized spacial score (nSPS) is 11.5. The lowest BCUT2D eigenvalue weighted by molar-refractivity contribution is 0.262. The zero-order valence-corrected chi connectivity index (χ0v) is 8.98. The van der Waals surface area contributed by atoms with Crippen LogP contribution in [-0.4, -0.2) is 24.6 Å². The van der Waals surface area contributed by atoms with Crippen LogP contribution in [0.1, 0.15) is 18.5 Å². The van der Waals surface area contributed by atoms with Crippen LogP contribution in [0.3, 0.4) is 0 Å². The van der Waals surface area contributed by atoms with E-state index < -0.39 is 10.4 Å². The molecule has 0 aliphatic heterocycles. The first kappa shape index (κ1) is 12.1. The first-order valence-corrected chi connectivity index (χ1v) is 5.96. The molecule has 0 spiro atoms. The lowest BCUT2D eigenvalue weighted by Crippen LogP contribution is -2.05. The average Bonchev–Trinajstić information content (AvgIpc) is 2.17. The van der Waals surface area contributed by atoms with Gasteiger partial charge in [-0.15, -0.1) is 0 Å². The first-order chi connectivity index (χ1) is 7.08. The molecule has 0 aromatic carbocycles. The molecular weight excluding hydrogens is 218 g/mol. The van der Waals surface area contributed by atoms with Crippen molar-refractivity contribution < 1.29 is 17.2 Å². The number of aryl methyl sites for hydroxylation is 1. The molecule has 0 saturated heterocycles. The maximum absolute atomic E-state index is 10.2. The minimum absolute atomic E-state index is 0.00562. The molecular formula is C9H13NO4S. The van der Waals surface area contributed by atoms with Crippen LogP contribution in [-0.2, 0) is 21.0 Å². The summed E-state index contributed by atoms with van der Waals surface area (Å²) in [5.41, 5.74) is 0.962. The first-order valence-electron chi connectivity index (χ1n) is 4.60. The van der Waals surface area contributed by atoms with Crippen molar-refractivity contribution in [1.29, 1.82) is 0 Å². The lowest BCUT2D eigenvalue weighted by Gasteiger charge is -2.00. The molecule has 1 heterocycles. The van der Waals surface area contributed by atoms with Crippen molar-refractivity contribution >= 4 is 10.4 Å². The molecule has 0 amide bonds. The highest BCUT2D eigenvalue weighted by Gasteiger charge is 2.02. The van der Waals surface area contributed by atoms with Crippen molar-refractivity contribution in [1.82, 2.24) is 4.98 Å². The van der Waals surface area contributed by atoms with Crippen LogP contribution in [0.15, 0.2) is 24.4 Å². The molecule has 1 rings (SSSR count). The summed E-state index contributed by atoms with van der Waals surface area (Å²) in [4.78, 5) is 4.12. The average molecular weight is 231 g/mol. The quantitative estimate of drug-likeness (QED) is 0.588. The van der Waals surface area contributed by atoms with E-state index in [0.717, 1.165) is 18.5 Å². The van der Waals surface area contributed by atoms with Gasteiger partial charge in [-0.1, -0.05) is 6.07 Å². The SMILES string of the molecule is O=S(=O)(O)OCCCCc1ccccn1. The van der Waals surface area contributed by atoms with Crippen LogP contribution in [0, 0.1) is 0 Å². The Balaban J connectivity index is 2.13. The number of aromatic nitrogens is 1. The van der Waals surface area contributed by atoms with Crippen molar-refractivity contribution in [3.05, 3.63) is 30.1 Å². The van der Waals surface area contributed by atoms with E-state index in [-0.39, 0.29) is 6.61 Å². The van der Waals surface area contributed by atoms with Gasteiger partial charge in [0.15, 0.2) is 0 Å². The van der Waals surface area contributed by atoms with Gasteiger partial charge >= 0.3 is 10.4 Å². The zero-order valence-electron chi connectivity index (χ0n) is 8.17. The highest BCUT2D eigenvalue weighted by molar-refractivity contribution is 7.80. The second-order valence-electron chi connectivity index (χ2n) is 3.03. The standard InChI is InChI=1S/C9H13NO4S/c11-15(12,13)14-8-4-2-6-9-5-1-3-7-10-9/h1,3,5,7H,2,4,6,8H2,(H,11,12,13). The van der Waals surface area contributed by atoms with Crippen molar-refractivity contribution in [2.45, 2.75) is 19.3 Å². The molecule has 0 fully saturated rings. The van der Waals surface area contributed by atoms with Gasteiger partial charge in [0.25, 0.3) is 0 Å². The van der Waals surface area contributed by atoms with Gasteiger partial charge < -0.3 is 0 Å². The van der Waals surface area contributed by atoms with Crippen molar-refractivity contribution in [3.63, 3.8) is 0 Å². The number of unbranched alkanes of at least 4 members (excludes halogenated alkanes) is 1. The van der Waals surface area contributed by atoms with Gasteiger partial charge in [0, 0.05) is 11.9 Å². The smallest absolute Gasteiger partial charge is 0.264 e. The van der Waals surface area contributed by atoms with E-state index in [9.17, 15) is 8.42 Å². The number of rotatable bonds is 6. The third kappa shape index (κ3) is 6.16. The van der Waals surface area contributed by atoms with E-state index in [4.69, 9.17) is 4.55 Å². The van der Waals surface area contributed by atoms with Gasteiger partial charge in [-0.2, -0.15) is 8.42 Å². The molecule has 1 aromatic heterocycles. The summed E-state index contributed by atoms with van der Waals surface area (Å²) in [6.07, 6.45) is 3.82. The summed E-state index contributed by atoms with van der Waals surface area (Å²) in [6, 6.07) is 5.64. The van der Waals surface area contributed by atoms with Crippen LogP contribution in [0.4, 0.5) is 0 Å². The molecule has 6 heteroatoms. The Kier molecular flexibility index (Phi) is 4.67. The van der Waals surface area contributed by atoms with E-state index in [1.54, 1.807) is 6.20 Å². The fourth-order valence-corrected chi connectivity index (χ4v) is 1.45. The molecule has 1 N–H and O–H groups in total. The van der Waals surface area contributed by atoms with E-state index in [0.29, 0.717) is 6.42 Å². The largest absolute Gasteiger partial charge is 0.397 e. The van der Waals surface area contributed by atoms with Gasteiger partial charge in [-0.05, 0) is 31.4 Å². The molecule has 15 heavy (non-hydrogen) atoms. The summed E-state index contributed by atoms with van der Waals surface area (Å²) < 4.78 is 32.8. The molecule has 0 aliphatic rings. The topological polar surface area (TPSA) is 76.5 Å². The van der Waals surface area contributed by atoms with E-state index in [2.05, 4.69) is 9.17 Å². The Morgan fingerprint density at radius 2 is 2.13 bits per heavy atom. The maximum Gasteiger partial charge on any atom is 0.397 e. The Morgan fingerprint density at radius 1 is 1.33 bits per heavy atom. The van der Waals surface area contributed by atoms with Crippen LogP contribution < -0.4 is 0 Å². The fraction of sp³-hybridized carbons (Fsp3) is 0.444. The van der Waals surface area contributed by atoms with Crippen LogP contribution in [0.25, 0.3) is 0 Å². The number of nitrogens with zero attached hydrogens (tertiary/aromatic N) is 1. The third-order valence-corrected chi connectivity index (χ3v) is 2.25. The lowest BCUT2D eigenvalue weighted by atomic mass is 10.2. The number of pyridine rings is 1. The predicted molar refractivity (Wildman–Crippen MR) is 54.7 cm³/mol. The summed E-state index contributed by atoms with van der Waals surface area (Å²) in [7, 11) is -4.28. The predicted octanol–water partition coefficient (Wildman–Crippen LogP) is 1.22. The minimum atomic E-state index is -4.28. The molecule has 0 atom stereocenters. The number of hydrogen-bond acceptors (Lipinski definition) is 4. The second kappa shape index (κ2) is 5.79. The molecule has 0 unspecified atom stereocenters. The van der Waals surface area contributed by atoms with E-state index in [1.807, 2.05) is 18.2 Å². The third-order valence-electron chi connectivity index (χ3n) is 1.79. The van der Waals surface area contributed by atoms with Gasteiger partial charge in [-0.25, -0.2) is 4.18 Å². The fourth-order valence-electron chi connectivity index (χ4n) is 1.12. The molecule has 1 aromatic rings. The summed E-state index contributed by atoms with van der Waals surface area (Å²) >= 11 is 0. The van der Waals surface area contributed by atoms with Crippen LogP contribution >= 0.6 is 0 Å². The van der Waals surface area contributed by atoms with Crippen molar-refractivity contribution in [2.75, 3.05) is 6.61 Å². The van der Waals surface area contributed by atoms with Gasteiger partial charge in [0.2, 0.25) is 0 Å². The second-order valence-corrected chi connectivity index (χ2v) is 4.12. The Morgan fingerprint density at radius 3 is 2.73 bits per heavy atom. The van der Waals surface area contributed by atoms with Gasteiger partial charge in [0.1, 0.15) is 0 Å². The van der Waals surface area contributed by atoms with E-state index in [1.165, 1.54) is 0 Å².